The number of halogens is 1. The molecule has 1 atom stereocenters. The standard InChI is InChI=1S/C13H18ClNO2/c1-9-5-6-10(8-11(9)14)13(16)12(15)4-3-7-17-2/h5-6,8,12H,3-4,7,15H2,1-2H3. The van der Waals surface area contributed by atoms with Crippen LogP contribution in [-0.2, 0) is 4.74 Å². The molecule has 3 nitrogen and oxygen atoms in total. The SMILES string of the molecule is COCCCC(N)C(=O)c1ccc(C)c(Cl)c1. The molecule has 0 spiro atoms. The zero-order chi connectivity index (χ0) is 12.8. The third-order valence-corrected chi connectivity index (χ3v) is 3.06. The van der Waals surface area contributed by atoms with Crippen molar-refractivity contribution in [1.82, 2.24) is 0 Å². The van der Waals surface area contributed by atoms with Gasteiger partial charge < -0.3 is 10.5 Å². The van der Waals surface area contributed by atoms with Crippen molar-refractivity contribution >= 4 is 17.4 Å². The number of Topliss-reactive ketones (excluding diaryl/α,β-unsaturated/α-hetero) is 1. The molecule has 0 saturated heterocycles. The Hall–Kier alpha value is -0.900. The normalized spacial score (nSPS) is 12.5. The largest absolute Gasteiger partial charge is 0.385 e. The lowest BCUT2D eigenvalue weighted by atomic mass is 10.0. The molecule has 1 aromatic rings. The molecule has 2 N–H and O–H groups in total. The van der Waals surface area contributed by atoms with Gasteiger partial charge in [-0.2, -0.15) is 0 Å². The molecule has 0 aliphatic carbocycles. The van der Waals surface area contributed by atoms with Crippen LogP contribution in [0.4, 0.5) is 0 Å². The van der Waals surface area contributed by atoms with E-state index in [-0.39, 0.29) is 5.78 Å². The molecule has 4 heteroatoms. The summed E-state index contributed by atoms with van der Waals surface area (Å²) in [4.78, 5) is 12.0. The monoisotopic (exact) mass is 255 g/mol. The van der Waals surface area contributed by atoms with Crippen molar-refractivity contribution in [3.63, 3.8) is 0 Å². The first kappa shape index (κ1) is 14.2. The number of nitrogens with two attached hydrogens (primary N) is 1. The minimum absolute atomic E-state index is 0.0667. The maximum Gasteiger partial charge on any atom is 0.179 e. The Morgan fingerprint density at radius 1 is 1.53 bits per heavy atom. The average Bonchev–Trinajstić information content (AvgIpc) is 2.32. The highest BCUT2D eigenvalue weighted by atomic mass is 35.5. The van der Waals surface area contributed by atoms with E-state index >= 15 is 0 Å². The van der Waals surface area contributed by atoms with Gasteiger partial charge in [-0.05, 0) is 31.4 Å². The molecule has 0 aliphatic heterocycles. The summed E-state index contributed by atoms with van der Waals surface area (Å²) < 4.78 is 4.92. The Balaban J connectivity index is 2.65. The Labute approximate surface area is 107 Å². The van der Waals surface area contributed by atoms with E-state index in [1.54, 1.807) is 19.2 Å². The third kappa shape index (κ3) is 4.11. The molecule has 0 heterocycles. The van der Waals surface area contributed by atoms with Crippen LogP contribution in [0.2, 0.25) is 5.02 Å². The zero-order valence-corrected chi connectivity index (χ0v) is 11.0. The molecule has 0 amide bonds. The molecule has 1 unspecified atom stereocenters. The lowest BCUT2D eigenvalue weighted by molar-refractivity contribution is 0.0950. The summed E-state index contributed by atoms with van der Waals surface area (Å²) in [5.41, 5.74) is 7.36. The van der Waals surface area contributed by atoms with Crippen molar-refractivity contribution in [1.29, 1.82) is 0 Å². The molecule has 1 aromatic carbocycles. The van der Waals surface area contributed by atoms with Gasteiger partial charge in [-0.15, -0.1) is 0 Å². The highest BCUT2D eigenvalue weighted by Gasteiger charge is 2.15. The van der Waals surface area contributed by atoms with E-state index in [4.69, 9.17) is 22.1 Å². The molecule has 94 valence electrons. The summed E-state index contributed by atoms with van der Waals surface area (Å²) in [6.07, 6.45) is 1.40. The first-order valence-corrected chi connectivity index (χ1v) is 5.99. The number of ether oxygens (including phenoxy) is 1. The number of hydrogen-bond donors (Lipinski definition) is 1. The van der Waals surface area contributed by atoms with Gasteiger partial charge in [0.1, 0.15) is 0 Å². The topological polar surface area (TPSA) is 52.3 Å². The molecule has 0 aliphatic rings. The first-order valence-electron chi connectivity index (χ1n) is 5.61. The van der Waals surface area contributed by atoms with Gasteiger partial charge in [0, 0.05) is 24.3 Å². The number of carbonyl (C=O) groups excluding carboxylic acids is 1. The van der Waals surface area contributed by atoms with Crippen molar-refractivity contribution < 1.29 is 9.53 Å². The number of rotatable bonds is 6. The van der Waals surface area contributed by atoms with Gasteiger partial charge in [-0.3, -0.25) is 4.79 Å². The number of methoxy groups -OCH3 is 1. The van der Waals surface area contributed by atoms with E-state index in [9.17, 15) is 4.79 Å². The fourth-order valence-electron chi connectivity index (χ4n) is 1.54. The van der Waals surface area contributed by atoms with Gasteiger partial charge in [0.05, 0.1) is 6.04 Å². The van der Waals surface area contributed by atoms with Crippen molar-refractivity contribution in [3.05, 3.63) is 34.3 Å². The second-order valence-corrected chi connectivity index (χ2v) is 4.48. The number of carbonyl (C=O) groups is 1. The van der Waals surface area contributed by atoms with E-state index in [2.05, 4.69) is 0 Å². The lowest BCUT2D eigenvalue weighted by Crippen LogP contribution is -2.30. The number of ketones is 1. The average molecular weight is 256 g/mol. The molecular formula is C13H18ClNO2. The molecule has 0 fully saturated rings. The summed E-state index contributed by atoms with van der Waals surface area (Å²) in [6, 6.07) is 4.79. The van der Waals surface area contributed by atoms with Crippen LogP contribution in [0.15, 0.2) is 18.2 Å². The predicted octanol–water partition coefficient (Wildman–Crippen LogP) is 2.59. The fraction of sp³-hybridized carbons (Fsp3) is 0.462. The smallest absolute Gasteiger partial charge is 0.179 e. The second-order valence-electron chi connectivity index (χ2n) is 4.07. The van der Waals surface area contributed by atoms with Crippen LogP contribution in [-0.4, -0.2) is 25.5 Å². The molecule has 0 radical (unpaired) electrons. The molecule has 17 heavy (non-hydrogen) atoms. The molecule has 0 bridgehead atoms. The predicted molar refractivity (Wildman–Crippen MR) is 69.6 cm³/mol. The maximum absolute atomic E-state index is 12.0. The van der Waals surface area contributed by atoms with Gasteiger partial charge in [0.25, 0.3) is 0 Å². The molecular weight excluding hydrogens is 238 g/mol. The summed E-state index contributed by atoms with van der Waals surface area (Å²) in [6.45, 7) is 2.52. The summed E-state index contributed by atoms with van der Waals surface area (Å²) in [7, 11) is 1.63. The van der Waals surface area contributed by atoms with E-state index in [0.29, 0.717) is 23.6 Å². The van der Waals surface area contributed by atoms with Gasteiger partial charge in [-0.25, -0.2) is 0 Å². The van der Waals surface area contributed by atoms with Crippen molar-refractivity contribution in [3.8, 4) is 0 Å². The Morgan fingerprint density at radius 3 is 2.82 bits per heavy atom. The van der Waals surface area contributed by atoms with Crippen LogP contribution >= 0.6 is 11.6 Å². The minimum atomic E-state index is -0.482. The molecule has 0 saturated carbocycles. The summed E-state index contributed by atoms with van der Waals surface area (Å²) >= 11 is 5.98. The second kappa shape index (κ2) is 6.74. The van der Waals surface area contributed by atoms with Crippen LogP contribution in [0.3, 0.4) is 0 Å². The minimum Gasteiger partial charge on any atom is -0.385 e. The van der Waals surface area contributed by atoms with Crippen molar-refractivity contribution in [2.24, 2.45) is 5.73 Å². The quantitative estimate of drug-likeness (QED) is 0.628. The highest BCUT2D eigenvalue weighted by molar-refractivity contribution is 6.31. The van der Waals surface area contributed by atoms with Crippen molar-refractivity contribution in [2.45, 2.75) is 25.8 Å². The van der Waals surface area contributed by atoms with E-state index in [1.807, 2.05) is 13.0 Å². The van der Waals surface area contributed by atoms with Gasteiger partial charge in [0.15, 0.2) is 5.78 Å². The van der Waals surface area contributed by atoms with Gasteiger partial charge >= 0.3 is 0 Å². The Bertz CT molecular complexity index is 393. The number of aryl methyl sites for hydroxylation is 1. The summed E-state index contributed by atoms with van der Waals surface area (Å²) in [5, 5.41) is 0.597. The fourth-order valence-corrected chi connectivity index (χ4v) is 1.72. The van der Waals surface area contributed by atoms with E-state index in [0.717, 1.165) is 12.0 Å². The van der Waals surface area contributed by atoms with Gasteiger partial charge in [-0.1, -0.05) is 23.7 Å². The van der Waals surface area contributed by atoms with Crippen LogP contribution in [0.1, 0.15) is 28.8 Å². The van der Waals surface area contributed by atoms with E-state index in [1.165, 1.54) is 0 Å². The maximum atomic E-state index is 12.0. The first-order chi connectivity index (χ1) is 8.06. The van der Waals surface area contributed by atoms with Crippen LogP contribution in [0.25, 0.3) is 0 Å². The van der Waals surface area contributed by atoms with Crippen LogP contribution < -0.4 is 5.73 Å². The third-order valence-electron chi connectivity index (χ3n) is 2.66. The zero-order valence-electron chi connectivity index (χ0n) is 10.2. The van der Waals surface area contributed by atoms with Crippen LogP contribution in [0, 0.1) is 6.92 Å². The van der Waals surface area contributed by atoms with Gasteiger partial charge in [0.2, 0.25) is 0 Å². The molecule has 0 aromatic heterocycles. The lowest BCUT2D eigenvalue weighted by Gasteiger charge is -2.11. The van der Waals surface area contributed by atoms with Crippen LogP contribution in [0.5, 0.6) is 0 Å². The highest BCUT2D eigenvalue weighted by Crippen LogP contribution is 2.18. The van der Waals surface area contributed by atoms with Crippen molar-refractivity contribution in [2.75, 3.05) is 13.7 Å². The Kier molecular flexibility index (Phi) is 5.62. The van der Waals surface area contributed by atoms with E-state index < -0.39 is 6.04 Å². The Morgan fingerprint density at radius 2 is 2.24 bits per heavy atom. The number of hydrogen-bond acceptors (Lipinski definition) is 3. The molecule has 1 rings (SSSR count). The number of benzene rings is 1. The summed E-state index contributed by atoms with van der Waals surface area (Å²) in [5.74, 6) is -0.0667.